The van der Waals surface area contributed by atoms with E-state index in [0.29, 0.717) is 60.5 Å². The van der Waals surface area contributed by atoms with Crippen LogP contribution < -0.4 is 15.6 Å². The zero-order valence-electron chi connectivity index (χ0n) is 23.6. The van der Waals surface area contributed by atoms with Gasteiger partial charge in [0, 0.05) is 55.5 Å². The summed E-state index contributed by atoms with van der Waals surface area (Å²) >= 11 is 0. The average Bonchev–Trinajstić information content (AvgIpc) is 3.63. The molecule has 1 aliphatic heterocycles. The van der Waals surface area contributed by atoms with Crippen molar-refractivity contribution in [2.45, 2.75) is 66.3 Å². The van der Waals surface area contributed by atoms with Crippen molar-refractivity contribution in [1.29, 1.82) is 0 Å². The first-order valence-electron chi connectivity index (χ1n) is 14.1. The molecule has 0 radical (unpaired) electrons. The van der Waals surface area contributed by atoms with E-state index >= 15 is 0 Å². The van der Waals surface area contributed by atoms with Crippen LogP contribution in [0, 0.1) is 0 Å². The van der Waals surface area contributed by atoms with Gasteiger partial charge in [0.15, 0.2) is 17.1 Å². The molecule has 3 aromatic heterocycles. The summed E-state index contributed by atoms with van der Waals surface area (Å²) in [5.74, 6) is 1.01. The fourth-order valence-electron chi connectivity index (χ4n) is 5.16. The molecule has 0 atom stereocenters. The number of benzene rings is 1. The monoisotopic (exact) mass is 533 g/mol. The number of carbonyl (C=O) groups excluding carboxylic acids is 1. The van der Waals surface area contributed by atoms with Crippen molar-refractivity contribution < 1.29 is 13.9 Å². The SMILES string of the molecule is CC.CC.CC(=O)c1cc2cnc(Nc3ccc4c(=O)cc(N5CCOCC5)oc4c3)nc2n1C1CCCC1. The van der Waals surface area contributed by atoms with E-state index in [1.54, 1.807) is 31.3 Å². The molecule has 0 bridgehead atoms. The number of nitrogens with one attached hydrogen (secondary N) is 1. The van der Waals surface area contributed by atoms with Crippen LogP contribution in [0.5, 0.6) is 0 Å². The number of ether oxygens (including phenoxy) is 1. The van der Waals surface area contributed by atoms with Gasteiger partial charge in [0.25, 0.3) is 0 Å². The minimum atomic E-state index is -0.0804. The molecule has 208 valence electrons. The number of morpholine rings is 1. The van der Waals surface area contributed by atoms with Crippen molar-refractivity contribution in [1.82, 2.24) is 14.5 Å². The lowest BCUT2D eigenvalue weighted by Crippen LogP contribution is -2.36. The van der Waals surface area contributed by atoms with Crippen LogP contribution in [-0.4, -0.2) is 46.6 Å². The van der Waals surface area contributed by atoms with Crippen molar-refractivity contribution >= 4 is 45.3 Å². The molecular formula is C30H39N5O4. The van der Waals surface area contributed by atoms with Crippen LogP contribution in [-0.2, 0) is 4.74 Å². The summed E-state index contributed by atoms with van der Waals surface area (Å²) in [6.45, 7) is 12.2. The number of rotatable bonds is 5. The van der Waals surface area contributed by atoms with Gasteiger partial charge in [-0.05, 0) is 31.0 Å². The Morgan fingerprint density at radius 3 is 2.44 bits per heavy atom. The minimum Gasteiger partial charge on any atom is -0.440 e. The zero-order chi connectivity index (χ0) is 27.9. The molecule has 9 nitrogen and oxygen atoms in total. The number of aromatic nitrogens is 3. The topological polar surface area (TPSA) is 102 Å². The quantitative estimate of drug-likeness (QED) is 0.291. The Hall–Kier alpha value is -3.72. The molecule has 1 N–H and O–H groups in total. The van der Waals surface area contributed by atoms with E-state index in [9.17, 15) is 9.59 Å². The maximum Gasteiger partial charge on any atom is 0.229 e. The number of carbonyl (C=O) groups is 1. The highest BCUT2D eigenvalue weighted by Gasteiger charge is 2.24. The predicted octanol–water partition coefficient (Wildman–Crippen LogP) is 6.49. The van der Waals surface area contributed by atoms with Crippen molar-refractivity contribution in [3.8, 4) is 0 Å². The van der Waals surface area contributed by atoms with Gasteiger partial charge in [-0.1, -0.05) is 40.5 Å². The summed E-state index contributed by atoms with van der Waals surface area (Å²) in [6.07, 6.45) is 6.16. The molecular weight excluding hydrogens is 494 g/mol. The smallest absolute Gasteiger partial charge is 0.229 e. The molecule has 0 amide bonds. The maximum atomic E-state index is 12.7. The highest BCUT2D eigenvalue weighted by Crippen LogP contribution is 2.35. The van der Waals surface area contributed by atoms with Gasteiger partial charge in [-0.3, -0.25) is 9.59 Å². The molecule has 1 saturated carbocycles. The third-order valence-corrected chi connectivity index (χ3v) is 6.92. The number of hydrogen-bond acceptors (Lipinski definition) is 8. The molecule has 39 heavy (non-hydrogen) atoms. The fourth-order valence-corrected chi connectivity index (χ4v) is 5.16. The minimum absolute atomic E-state index is 0.0324. The predicted molar refractivity (Wildman–Crippen MR) is 157 cm³/mol. The molecule has 1 saturated heterocycles. The van der Waals surface area contributed by atoms with Crippen LogP contribution in [0.4, 0.5) is 17.5 Å². The lowest BCUT2D eigenvalue weighted by molar-refractivity contribution is 0.100. The standard InChI is InChI=1S/C26H27N5O4.2C2H6/c1-16(32)21-12-17-15-27-26(29-25(17)31(21)19-4-2-3-5-19)28-18-6-7-20-22(33)14-24(35-23(20)13-18)30-8-10-34-11-9-30;2*1-2/h6-7,12-15,19H,2-5,8-11H2,1H3,(H,27,28,29);2*1-2H3. The van der Waals surface area contributed by atoms with E-state index in [1.165, 1.54) is 0 Å². The third kappa shape index (κ3) is 5.98. The second-order valence-corrected chi connectivity index (χ2v) is 9.25. The first-order chi connectivity index (χ1) is 19.1. The van der Waals surface area contributed by atoms with Gasteiger partial charge in [-0.2, -0.15) is 4.98 Å². The second kappa shape index (κ2) is 12.9. The second-order valence-electron chi connectivity index (χ2n) is 9.25. The molecule has 4 heterocycles. The van der Waals surface area contributed by atoms with Crippen molar-refractivity contribution in [2.75, 3.05) is 36.5 Å². The highest BCUT2D eigenvalue weighted by molar-refractivity contribution is 5.98. The van der Waals surface area contributed by atoms with Crippen molar-refractivity contribution in [2.24, 2.45) is 0 Å². The van der Waals surface area contributed by atoms with Crippen LogP contribution in [0.25, 0.3) is 22.0 Å². The van der Waals surface area contributed by atoms with Crippen LogP contribution in [0.3, 0.4) is 0 Å². The van der Waals surface area contributed by atoms with Gasteiger partial charge in [-0.25, -0.2) is 4.98 Å². The van der Waals surface area contributed by atoms with Gasteiger partial charge in [-0.15, -0.1) is 0 Å². The largest absolute Gasteiger partial charge is 0.440 e. The van der Waals surface area contributed by atoms with Crippen molar-refractivity contribution in [3.05, 3.63) is 52.4 Å². The summed E-state index contributed by atoms with van der Waals surface area (Å²) < 4.78 is 13.6. The zero-order valence-corrected chi connectivity index (χ0v) is 23.6. The molecule has 6 rings (SSSR count). The first-order valence-corrected chi connectivity index (χ1v) is 14.1. The number of fused-ring (bicyclic) bond motifs is 2. The van der Waals surface area contributed by atoms with Crippen molar-refractivity contribution in [3.63, 3.8) is 0 Å². The first kappa shape index (κ1) is 28.3. The number of anilines is 3. The number of nitrogens with zero attached hydrogens (tertiary/aromatic N) is 4. The fraction of sp³-hybridized carbons (Fsp3) is 0.467. The van der Waals surface area contributed by atoms with Gasteiger partial charge in [0.05, 0.1) is 24.3 Å². The average molecular weight is 534 g/mol. The van der Waals surface area contributed by atoms with Gasteiger partial charge in [0.2, 0.25) is 5.95 Å². The van der Waals surface area contributed by atoms with E-state index in [2.05, 4.69) is 14.9 Å². The number of ketones is 1. The van der Waals surface area contributed by atoms with E-state index < -0.39 is 0 Å². The normalized spacial score (nSPS) is 15.5. The molecule has 4 aromatic rings. The maximum absolute atomic E-state index is 12.7. The Morgan fingerprint density at radius 2 is 1.74 bits per heavy atom. The Bertz CT molecular complexity index is 1480. The Kier molecular flexibility index (Phi) is 9.35. The van der Waals surface area contributed by atoms with Crippen LogP contribution in [0.2, 0.25) is 0 Å². The summed E-state index contributed by atoms with van der Waals surface area (Å²) in [5.41, 5.74) is 2.58. The lowest BCUT2D eigenvalue weighted by Gasteiger charge is -2.27. The Balaban J connectivity index is 0.000000845. The summed E-state index contributed by atoms with van der Waals surface area (Å²) in [7, 11) is 0. The van der Waals surface area contributed by atoms with Crippen LogP contribution >= 0.6 is 0 Å². The summed E-state index contributed by atoms with van der Waals surface area (Å²) in [5, 5.41) is 4.62. The Morgan fingerprint density at radius 1 is 1.03 bits per heavy atom. The molecule has 2 aliphatic rings. The molecule has 0 unspecified atom stereocenters. The van der Waals surface area contributed by atoms with Crippen LogP contribution in [0.15, 0.2) is 45.7 Å². The molecule has 1 aromatic carbocycles. The summed E-state index contributed by atoms with van der Waals surface area (Å²) in [6, 6.07) is 9.07. The van der Waals surface area contributed by atoms with Gasteiger partial charge < -0.3 is 23.9 Å². The van der Waals surface area contributed by atoms with Gasteiger partial charge >= 0.3 is 0 Å². The van der Waals surface area contributed by atoms with Crippen LogP contribution in [0.1, 0.15) is 76.8 Å². The molecule has 2 fully saturated rings. The number of Topliss-reactive ketones (excluding diaryl/α,β-unsaturated/α-hetero) is 1. The molecule has 0 spiro atoms. The van der Waals surface area contributed by atoms with E-state index in [1.807, 2.05) is 44.7 Å². The van der Waals surface area contributed by atoms with Gasteiger partial charge in [0.1, 0.15) is 11.2 Å². The summed E-state index contributed by atoms with van der Waals surface area (Å²) in [4.78, 5) is 36.3. The highest BCUT2D eigenvalue weighted by atomic mass is 16.5. The third-order valence-electron chi connectivity index (χ3n) is 6.92. The van der Waals surface area contributed by atoms with E-state index in [4.69, 9.17) is 14.1 Å². The van der Waals surface area contributed by atoms with E-state index in [0.717, 1.165) is 36.7 Å². The number of hydrogen-bond donors (Lipinski definition) is 1. The van der Waals surface area contributed by atoms with E-state index in [-0.39, 0.29) is 17.3 Å². The molecule has 1 aliphatic carbocycles. The molecule has 9 heteroatoms. The Labute approximate surface area is 229 Å². The lowest BCUT2D eigenvalue weighted by atomic mass is 10.2.